The van der Waals surface area contributed by atoms with Crippen LogP contribution in [-0.4, -0.2) is 44.3 Å². The maximum absolute atomic E-state index is 11.4. The molecule has 2 saturated heterocycles. The van der Waals surface area contributed by atoms with Crippen LogP contribution in [0, 0.1) is 6.92 Å². The minimum atomic E-state index is -0.618. The van der Waals surface area contributed by atoms with Gasteiger partial charge in [-0.25, -0.2) is 4.98 Å². The zero-order valence-electron chi connectivity index (χ0n) is 13.3. The summed E-state index contributed by atoms with van der Waals surface area (Å²) < 4.78 is 2.22. The molecule has 4 nitrogen and oxygen atoms in total. The molecule has 4 heteroatoms. The minimum Gasteiger partial charge on any atom is -0.386 e. The molecule has 0 saturated carbocycles. The van der Waals surface area contributed by atoms with Crippen molar-refractivity contribution in [1.82, 2.24) is 14.5 Å². The Morgan fingerprint density at radius 2 is 2.05 bits per heavy atom. The summed E-state index contributed by atoms with van der Waals surface area (Å²) >= 11 is 0. The first kappa shape index (κ1) is 14.2. The molecule has 1 N–H and O–H groups in total. The molecule has 118 valence electrons. The number of hydrogen-bond donors (Lipinski definition) is 1. The van der Waals surface area contributed by atoms with Crippen LogP contribution in [0.1, 0.15) is 37.9 Å². The van der Waals surface area contributed by atoms with E-state index in [0.717, 1.165) is 49.2 Å². The SMILES string of the molecule is Cc1nc2ccccc2n1C[C@]1(O)CCCN2CCCC[C@@H]21. The van der Waals surface area contributed by atoms with Gasteiger partial charge in [0.15, 0.2) is 0 Å². The van der Waals surface area contributed by atoms with Crippen LogP contribution < -0.4 is 0 Å². The number of aliphatic hydroxyl groups is 1. The molecular weight excluding hydrogens is 274 g/mol. The van der Waals surface area contributed by atoms with Crippen LogP contribution in [0.25, 0.3) is 11.0 Å². The fourth-order valence-electron chi connectivity index (χ4n) is 4.48. The number of para-hydroxylation sites is 2. The van der Waals surface area contributed by atoms with Crippen LogP contribution in [0.3, 0.4) is 0 Å². The first-order chi connectivity index (χ1) is 10.7. The van der Waals surface area contributed by atoms with Crippen molar-refractivity contribution in [2.45, 2.75) is 57.2 Å². The predicted molar refractivity (Wildman–Crippen MR) is 87.9 cm³/mol. The Hall–Kier alpha value is -1.39. The minimum absolute atomic E-state index is 0.315. The quantitative estimate of drug-likeness (QED) is 0.927. The average molecular weight is 299 g/mol. The molecule has 4 rings (SSSR count). The van der Waals surface area contributed by atoms with Crippen LogP contribution in [0.4, 0.5) is 0 Å². The number of imidazole rings is 1. The second-order valence-electron chi connectivity index (χ2n) is 6.99. The van der Waals surface area contributed by atoms with Gasteiger partial charge in [-0.15, -0.1) is 0 Å². The van der Waals surface area contributed by atoms with Gasteiger partial charge in [0, 0.05) is 6.04 Å². The van der Waals surface area contributed by atoms with Gasteiger partial charge in [-0.1, -0.05) is 18.6 Å². The van der Waals surface area contributed by atoms with E-state index in [0.29, 0.717) is 12.6 Å². The van der Waals surface area contributed by atoms with Crippen molar-refractivity contribution in [3.8, 4) is 0 Å². The lowest BCUT2D eigenvalue weighted by molar-refractivity contribution is -0.103. The third-order valence-electron chi connectivity index (χ3n) is 5.57. The van der Waals surface area contributed by atoms with E-state index in [2.05, 4.69) is 32.7 Å². The summed E-state index contributed by atoms with van der Waals surface area (Å²) in [5.74, 6) is 1.00. The summed E-state index contributed by atoms with van der Waals surface area (Å²) in [5, 5.41) is 11.4. The Kier molecular flexibility index (Phi) is 3.46. The van der Waals surface area contributed by atoms with E-state index in [4.69, 9.17) is 0 Å². The molecule has 2 fully saturated rings. The Morgan fingerprint density at radius 1 is 1.23 bits per heavy atom. The lowest BCUT2D eigenvalue weighted by Gasteiger charge is -2.49. The van der Waals surface area contributed by atoms with Crippen molar-refractivity contribution in [2.24, 2.45) is 0 Å². The normalized spacial score (nSPS) is 29.6. The largest absolute Gasteiger partial charge is 0.386 e. The second-order valence-corrected chi connectivity index (χ2v) is 6.99. The number of piperidine rings is 2. The van der Waals surface area contributed by atoms with Crippen LogP contribution in [0.15, 0.2) is 24.3 Å². The lowest BCUT2D eigenvalue weighted by Crippen LogP contribution is -2.60. The Morgan fingerprint density at radius 3 is 2.95 bits per heavy atom. The Bertz CT molecular complexity index is 678. The third-order valence-corrected chi connectivity index (χ3v) is 5.57. The van der Waals surface area contributed by atoms with E-state index in [1.54, 1.807) is 0 Å². The van der Waals surface area contributed by atoms with Gasteiger partial charge in [0.1, 0.15) is 5.82 Å². The van der Waals surface area contributed by atoms with E-state index < -0.39 is 5.60 Å². The number of aromatic nitrogens is 2. The highest BCUT2D eigenvalue weighted by Gasteiger charge is 2.44. The highest BCUT2D eigenvalue weighted by atomic mass is 16.3. The lowest BCUT2D eigenvalue weighted by atomic mass is 9.79. The molecule has 1 aromatic heterocycles. The molecule has 0 radical (unpaired) electrons. The topological polar surface area (TPSA) is 41.3 Å². The van der Waals surface area contributed by atoms with Gasteiger partial charge in [0.25, 0.3) is 0 Å². The van der Waals surface area contributed by atoms with E-state index >= 15 is 0 Å². The summed E-state index contributed by atoms with van der Waals surface area (Å²) in [6.07, 6.45) is 5.65. The average Bonchev–Trinajstić information content (AvgIpc) is 2.84. The zero-order chi connectivity index (χ0) is 15.2. The third kappa shape index (κ3) is 2.25. The van der Waals surface area contributed by atoms with Gasteiger partial charge in [-0.3, -0.25) is 4.90 Å². The molecule has 0 spiro atoms. The first-order valence-electron chi connectivity index (χ1n) is 8.56. The van der Waals surface area contributed by atoms with E-state index in [-0.39, 0.29) is 0 Å². The van der Waals surface area contributed by atoms with Crippen LogP contribution in [-0.2, 0) is 6.54 Å². The van der Waals surface area contributed by atoms with Crippen LogP contribution in [0.5, 0.6) is 0 Å². The number of aryl methyl sites for hydroxylation is 1. The van der Waals surface area contributed by atoms with Crippen molar-refractivity contribution in [3.63, 3.8) is 0 Å². The maximum Gasteiger partial charge on any atom is 0.106 e. The summed E-state index contributed by atoms with van der Waals surface area (Å²) in [7, 11) is 0. The molecule has 1 aromatic carbocycles. The fourth-order valence-corrected chi connectivity index (χ4v) is 4.48. The molecule has 2 aliphatic heterocycles. The number of fused-ring (bicyclic) bond motifs is 2. The van der Waals surface area contributed by atoms with E-state index in [1.807, 2.05) is 13.0 Å². The fraction of sp³-hybridized carbons (Fsp3) is 0.611. The van der Waals surface area contributed by atoms with Crippen LogP contribution >= 0.6 is 0 Å². The first-order valence-corrected chi connectivity index (χ1v) is 8.56. The van der Waals surface area contributed by atoms with Gasteiger partial charge < -0.3 is 9.67 Å². The highest BCUT2D eigenvalue weighted by Crippen LogP contribution is 2.36. The molecule has 22 heavy (non-hydrogen) atoms. The summed E-state index contributed by atoms with van der Waals surface area (Å²) in [6.45, 7) is 5.01. The number of nitrogens with zero attached hydrogens (tertiary/aromatic N) is 3. The van der Waals surface area contributed by atoms with Gasteiger partial charge >= 0.3 is 0 Å². The predicted octanol–water partition coefficient (Wildman–Crippen LogP) is 2.72. The standard InChI is InChI=1S/C18H25N3O/c1-14-19-15-7-2-3-8-16(15)21(14)13-18(22)10-6-12-20-11-5-4-9-17(18)20/h2-3,7-8,17,22H,4-6,9-13H2,1H3/t17-,18-/m1/s1. The highest BCUT2D eigenvalue weighted by molar-refractivity contribution is 5.75. The Balaban J connectivity index is 1.69. The number of hydrogen-bond acceptors (Lipinski definition) is 3. The van der Waals surface area contributed by atoms with Crippen molar-refractivity contribution < 1.29 is 5.11 Å². The zero-order valence-corrected chi connectivity index (χ0v) is 13.3. The second kappa shape index (κ2) is 5.36. The monoisotopic (exact) mass is 299 g/mol. The molecule has 2 aliphatic rings. The smallest absolute Gasteiger partial charge is 0.106 e. The molecule has 0 unspecified atom stereocenters. The van der Waals surface area contributed by atoms with Crippen molar-refractivity contribution in [3.05, 3.63) is 30.1 Å². The maximum atomic E-state index is 11.4. The molecular formula is C18H25N3O. The Labute approximate surface area is 131 Å². The van der Waals surface area contributed by atoms with Crippen molar-refractivity contribution in [2.75, 3.05) is 13.1 Å². The molecule has 0 amide bonds. The van der Waals surface area contributed by atoms with Gasteiger partial charge in [0.05, 0.1) is 23.2 Å². The van der Waals surface area contributed by atoms with Gasteiger partial charge in [0.2, 0.25) is 0 Å². The molecule has 0 bridgehead atoms. The molecule has 2 atom stereocenters. The molecule has 0 aliphatic carbocycles. The summed E-state index contributed by atoms with van der Waals surface area (Å²) in [5.41, 5.74) is 1.55. The van der Waals surface area contributed by atoms with Crippen molar-refractivity contribution in [1.29, 1.82) is 0 Å². The van der Waals surface area contributed by atoms with Crippen LogP contribution in [0.2, 0.25) is 0 Å². The summed E-state index contributed by atoms with van der Waals surface area (Å²) in [4.78, 5) is 7.17. The van der Waals surface area contributed by atoms with Crippen molar-refractivity contribution >= 4 is 11.0 Å². The molecule has 3 heterocycles. The van der Waals surface area contributed by atoms with Gasteiger partial charge in [-0.05, 0) is 57.8 Å². The number of rotatable bonds is 2. The van der Waals surface area contributed by atoms with E-state index in [9.17, 15) is 5.11 Å². The van der Waals surface area contributed by atoms with E-state index in [1.165, 1.54) is 12.8 Å². The molecule has 2 aromatic rings. The summed E-state index contributed by atoms with van der Waals surface area (Å²) in [6, 6.07) is 8.56. The van der Waals surface area contributed by atoms with Gasteiger partial charge in [-0.2, -0.15) is 0 Å². The number of benzene rings is 1.